The Labute approximate surface area is 130 Å². The molecule has 0 spiro atoms. The molecule has 0 bridgehead atoms. The maximum absolute atomic E-state index is 12.0. The maximum Gasteiger partial charge on any atom is 0.319 e. The van der Waals surface area contributed by atoms with E-state index in [4.69, 9.17) is 11.6 Å². The fourth-order valence-corrected chi connectivity index (χ4v) is 2.33. The average Bonchev–Trinajstić information content (AvgIpc) is 2.44. The summed E-state index contributed by atoms with van der Waals surface area (Å²) in [6, 6.07) is 13.0. The third kappa shape index (κ3) is 4.23. The summed E-state index contributed by atoms with van der Waals surface area (Å²) < 4.78 is 0. The van der Waals surface area contributed by atoms with E-state index in [0.717, 1.165) is 5.56 Å². The first kappa shape index (κ1) is 15.4. The van der Waals surface area contributed by atoms with E-state index in [1.165, 1.54) is 11.1 Å². The minimum Gasteiger partial charge on any atom is -0.331 e. The van der Waals surface area contributed by atoms with E-state index >= 15 is 0 Å². The Hall–Kier alpha value is -2.00. The van der Waals surface area contributed by atoms with Crippen molar-refractivity contribution in [2.75, 3.05) is 5.32 Å². The molecule has 0 aromatic heterocycles. The van der Waals surface area contributed by atoms with Crippen LogP contribution in [0.2, 0.25) is 5.02 Å². The van der Waals surface area contributed by atoms with Gasteiger partial charge in [-0.25, -0.2) is 4.79 Å². The Bertz CT molecular complexity index is 638. The van der Waals surface area contributed by atoms with Crippen LogP contribution < -0.4 is 10.6 Å². The number of anilines is 1. The van der Waals surface area contributed by atoms with Crippen LogP contribution in [0.3, 0.4) is 0 Å². The Morgan fingerprint density at radius 1 is 1.10 bits per heavy atom. The molecule has 2 aromatic carbocycles. The summed E-state index contributed by atoms with van der Waals surface area (Å²) >= 11 is 5.82. The van der Waals surface area contributed by atoms with Crippen molar-refractivity contribution in [3.8, 4) is 0 Å². The zero-order chi connectivity index (χ0) is 15.4. The number of halogens is 1. The van der Waals surface area contributed by atoms with Crippen LogP contribution in [0.25, 0.3) is 0 Å². The van der Waals surface area contributed by atoms with Gasteiger partial charge in [-0.3, -0.25) is 0 Å². The molecule has 21 heavy (non-hydrogen) atoms. The third-order valence-corrected chi connectivity index (χ3v) is 3.60. The molecule has 4 heteroatoms. The highest BCUT2D eigenvalue weighted by molar-refractivity contribution is 6.30. The van der Waals surface area contributed by atoms with Gasteiger partial charge < -0.3 is 10.6 Å². The second kappa shape index (κ2) is 6.64. The van der Waals surface area contributed by atoms with Crippen LogP contribution in [-0.2, 0) is 0 Å². The SMILES string of the molecule is Cc1ccc(C)c([C@@H](C)NC(=O)Nc2ccc(Cl)cc2)c1. The molecule has 0 unspecified atom stereocenters. The van der Waals surface area contributed by atoms with Crippen molar-refractivity contribution in [2.45, 2.75) is 26.8 Å². The molecular weight excluding hydrogens is 284 g/mol. The quantitative estimate of drug-likeness (QED) is 0.837. The number of rotatable bonds is 3. The van der Waals surface area contributed by atoms with Gasteiger partial charge in [0, 0.05) is 10.7 Å². The summed E-state index contributed by atoms with van der Waals surface area (Å²) in [4.78, 5) is 12.0. The molecule has 0 radical (unpaired) electrons. The Morgan fingerprint density at radius 3 is 2.43 bits per heavy atom. The van der Waals surface area contributed by atoms with Crippen molar-refractivity contribution in [3.05, 3.63) is 64.2 Å². The van der Waals surface area contributed by atoms with Gasteiger partial charge in [-0.1, -0.05) is 35.4 Å². The molecular formula is C17H19ClN2O. The second-order valence-corrected chi connectivity index (χ2v) is 5.62. The molecule has 0 aliphatic heterocycles. The molecule has 0 saturated heterocycles. The number of nitrogens with one attached hydrogen (secondary N) is 2. The van der Waals surface area contributed by atoms with Crippen molar-refractivity contribution in [2.24, 2.45) is 0 Å². The molecule has 0 heterocycles. The zero-order valence-electron chi connectivity index (χ0n) is 12.4. The van der Waals surface area contributed by atoms with Gasteiger partial charge in [0.1, 0.15) is 0 Å². The standard InChI is InChI=1S/C17H19ClN2O/c1-11-4-5-12(2)16(10-11)13(3)19-17(21)20-15-8-6-14(18)7-9-15/h4-10,13H,1-3H3,(H2,19,20,21)/t13-/m1/s1. The Morgan fingerprint density at radius 2 is 1.76 bits per heavy atom. The molecule has 0 aliphatic rings. The van der Waals surface area contributed by atoms with Gasteiger partial charge in [-0.2, -0.15) is 0 Å². The topological polar surface area (TPSA) is 41.1 Å². The smallest absolute Gasteiger partial charge is 0.319 e. The molecule has 1 atom stereocenters. The van der Waals surface area contributed by atoms with Crippen molar-refractivity contribution in [1.82, 2.24) is 5.32 Å². The number of amides is 2. The van der Waals surface area contributed by atoms with Crippen molar-refractivity contribution < 1.29 is 4.79 Å². The van der Waals surface area contributed by atoms with Crippen LogP contribution in [0.1, 0.15) is 29.7 Å². The van der Waals surface area contributed by atoms with Gasteiger partial charge in [0.2, 0.25) is 0 Å². The van der Waals surface area contributed by atoms with E-state index in [1.807, 2.05) is 20.8 Å². The first-order chi connectivity index (χ1) is 9.95. The summed E-state index contributed by atoms with van der Waals surface area (Å²) in [6.07, 6.45) is 0. The number of hydrogen-bond donors (Lipinski definition) is 2. The van der Waals surface area contributed by atoms with Crippen molar-refractivity contribution >= 4 is 23.3 Å². The van der Waals surface area contributed by atoms with Gasteiger partial charge in [0.25, 0.3) is 0 Å². The minimum atomic E-state index is -0.231. The lowest BCUT2D eigenvalue weighted by atomic mass is 10.0. The van der Waals surface area contributed by atoms with Gasteiger partial charge in [-0.15, -0.1) is 0 Å². The highest BCUT2D eigenvalue weighted by atomic mass is 35.5. The zero-order valence-corrected chi connectivity index (χ0v) is 13.2. The van der Waals surface area contributed by atoms with Crippen molar-refractivity contribution in [1.29, 1.82) is 0 Å². The van der Waals surface area contributed by atoms with Crippen LogP contribution in [0, 0.1) is 13.8 Å². The summed E-state index contributed by atoms with van der Waals surface area (Å²) in [6.45, 7) is 6.07. The lowest BCUT2D eigenvalue weighted by molar-refractivity contribution is 0.249. The van der Waals surface area contributed by atoms with Gasteiger partial charge >= 0.3 is 6.03 Å². The normalized spacial score (nSPS) is 11.8. The summed E-state index contributed by atoms with van der Waals surface area (Å²) in [5, 5.41) is 6.38. The lowest BCUT2D eigenvalue weighted by Gasteiger charge is -2.18. The fraction of sp³-hybridized carbons (Fsp3) is 0.235. The number of carbonyl (C=O) groups is 1. The summed E-state index contributed by atoms with van der Waals surface area (Å²) in [7, 11) is 0. The average molecular weight is 303 g/mol. The molecule has 2 amide bonds. The van der Waals surface area contributed by atoms with E-state index in [9.17, 15) is 4.79 Å². The van der Waals surface area contributed by atoms with E-state index in [1.54, 1.807) is 24.3 Å². The highest BCUT2D eigenvalue weighted by Crippen LogP contribution is 2.19. The van der Waals surface area contributed by atoms with Crippen molar-refractivity contribution in [3.63, 3.8) is 0 Å². The number of urea groups is 1. The van der Waals surface area contributed by atoms with Crippen LogP contribution >= 0.6 is 11.6 Å². The van der Waals surface area contributed by atoms with Crippen LogP contribution in [0.4, 0.5) is 10.5 Å². The number of carbonyl (C=O) groups excluding carboxylic acids is 1. The first-order valence-corrected chi connectivity index (χ1v) is 7.24. The fourth-order valence-electron chi connectivity index (χ4n) is 2.20. The molecule has 110 valence electrons. The minimum absolute atomic E-state index is 0.0581. The lowest BCUT2D eigenvalue weighted by Crippen LogP contribution is -2.31. The molecule has 0 fully saturated rings. The first-order valence-electron chi connectivity index (χ1n) is 6.86. The largest absolute Gasteiger partial charge is 0.331 e. The number of hydrogen-bond acceptors (Lipinski definition) is 1. The van der Waals surface area contributed by atoms with Crippen LogP contribution in [-0.4, -0.2) is 6.03 Å². The summed E-state index contributed by atoms with van der Waals surface area (Å²) in [5.74, 6) is 0. The van der Waals surface area contributed by atoms with E-state index in [0.29, 0.717) is 10.7 Å². The predicted molar refractivity (Wildman–Crippen MR) is 87.9 cm³/mol. The van der Waals surface area contributed by atoms with E-state index in [-0.39, 0.29) is 12.1 Å². The molecule has 2 N–H and O–H groups in total. The number of aryl methyl sites for hydroxylation is 2. The number of benzene rings is 2. The third-order valence-electron chi connectivity index (χ3n) is 3.35. The van der Waals surface area contributed by atoms with E-state index in [2.05, 4.69) is 28.8 Å². The van der Waals surface area contributed by atoms with Gasteiger partial charge in [0.05, 0.1) is 6.04 Å². The summed E-state index contributed by atoms with van der Waals surface area (Å²) in [5.41, 5.74) is 4.19. The molecule has 0 saturated carbocycles. The monoisotopic (exact) mass is 302 g/mol. The van der Waals surface area contributed by atoms with Crippen LogP contribution in [0.5, 0.6) is 0 Å². The molecule has 3 nitrogen and oxygen atoms in total. The van der Waals surface area contributed by atoms with E-state index < -0.39 is 0 Å². The van der Waals surface area contributed by atoms with Gasteiger partial charge in [-0.05, 0) is 56.2 Å². The molecule has 2 rings (SSSR count). The Kier molecular flexibility index (Phi) is 4.86. The molecule has 2 aromatic rings. The second-order valence-electron chi connectivity index (χ2n) is 5.19. The highest BCUT2D eigenvalue weighted by Gasteiger charge is 2.12. The van der Waals surface area contributed by atoms with Gasteiger partial charge in [0.15, 0.2) is 0 Å². The maximum atomic E-state index is 12.0. The Balaban J connectivity index is 2.01. The molecule has 0 aliphatic carbocycles. The predicted octanol–water partition coefficient (Wildman–Crippen LogP) is 4.84. The van der Waals surface area contributed by atoms with Crippen LogP contribution in [0.15, 0.2) is 42.5 Å².